The third-order valence-electron chi connectivity index (χ3n) is 7.72. The number of hydrogen-bond acceptors (Lipinski definition) is 4. The van der Waals surface area contributed by atoms with E-state index in [-0.39, 0.29) is 0 Å². The van der Waals surface area contributed by atoms with Gasteiger partial charge in [0.1, 0.15) is 0 Å². The number of anilines is 1. The van der Waals surface area contributed by atoms with Crippen LogP contribution < -0.4 is 5.32 Å². The minimum absolute atomic E-state index is 0.626. The molecule has 0 bridgehead atoms. The van der Waals surface area contributed by atoms with Gasteiger partial charge in [-0.15, -0.1) is 0 Å². The fourth-order valence-corrected chi connectivity index (χ4v) is 4.96. The molecule has 44 heavy (non-hydrogen) atoms. The molecule has 0 fully saturated rings. The van der Waals surface area contributed by atoms with E-state index in [4.69, 9.17) is 0 Å². The van der Waals surface area contributed by atoms with E-state index in [1.807, 2.05) is 46.2 Å². The number of benzene rings is 1. The molecule has 1 aromatic carbocycles. The van der Waals surface area contributed by atoms with Crippen LogP contribution in [0.2, 0.25) is 0 Å². The Bertz CT molecular complexity index is 1270. The first-order chi connectivity index (χ1) is 21.1. The SMILES string of the molecule is C=C(/C=C/c1cncc(CCCN(CCC(C)C)CCC(C)C)c1)/C(Nc1ccc(C)c(/C=C\C)c1C)=C(/C#N)CC.CC. The number of nitriles is 1. The highest BCUT2D eigenvalue weighted by atomic mass is 15.1. The van der Waals surface area contributed by atoms with Gasteiger partial charge >= 0.3 is 0 Å². The van der Waals surface area contributed by atoms with Crippen LogP contribution in [-0.4, -0.2) is 29.5 Å². The minimum atomic E-state index is 0.626. The fourth-order valence-electron chi connectivity index (χ4n) is 4.96. The molecule has 2 rings (SSSR count). The Morgan fingerprint density at radius 3 is 2.25 bits per heavy atom. The summed E-state index contributed by atoms with van der Waals surface area (Å²) in [7, 11) is 0. The molecule has 0 radical (unpaired) electrons. The summed E-state index contributed by atoms with van der Waals surface area (Å²) >= 11 is 0. The molecule has 1 aromatic heterocycles. The number of aryl methyl sites for hydroxylation is 2. The van der Waals surface area contributed by atoms with Gasteiger partial charge in [-0.3, -0.25) is 4.98 Å². The van der Waals surface area contributed by atoms with Crippen LogP contribution in [0, 0.1) is 37.0 Å². The van der Waals surface area contributed by atoms with E-state index in [1.54, 1.807) is 0 Å². The molecule has 1 N–H and O–H groups in total. The molecule has 0 amide bonds. The van der Waals surface area contributed by atoms with Gasteiger partial charge in [-0.05, 0) is 130 Å². The molecule has 4 nitrogen and oxygen atoms in total. The second-order valence-corrected chi connectivity index (χ2v) is 12.2. The van der Waals surface area contributed by atoms with Gasteiger partial charge < -0.3 is 10.2 Å². The molecule has 4 heteroatoms. The molecule has 240 valence electrons. The van der Waals surface area contributed by atoms with E-state index in [1.165, 1.54) is 42.6 Å². The number of nitrogens with one attached hydrogen (secondary N) is 1. The normalized spacial score (nSPS) is 12.1. The van der Waals surface area contributed by atoms with Crippen molar-refractivity contribution in [2.24, 2.45) is 11.8 Å². The number of aromatic nitrogens is 1. The Morgan fingerprint density at radius 2 is 1.68 bits per heavy atom. The highest BCUT2D eigenvalue weighted by Crippen LogP contribution is 2.28. The molecule has 0 saturated carbocycles. The Kier molecular flexibility index (Phi) is 18.7. The first-order valence-corrected chi connectivity index (χ1v) is 16.8. The number of hydrogen-bond donors (Lipinski definition) is 1. The molecular formula is C40H60N4. The van der Waals surface area contributed by atoms with Crippen molar-refractivity contribution < 1.29 is 0 Å². The van der Waals surface area contributed by atoms with Crippen LogP contribution in [0.5, 0.6) is 0 Å². The lowest BCUT2D eigenvalue weighted by Gasteiger charge is -2.24. The maximum absolute atomic E-state index is 9.90. The highest BCUT2D eigenvalue weighted by molar-refractivity contribution is 5.71. The summed E-state index contributed by atoms with van der Waals surface area (Å²) in [5.74, 6) is 1.47. The molecule has 2 aromatic rings. The first kappa shape index (κ1) is 38.6. The lowest BCUT2D eigenvalue weighted by atomic mass is 9.99. The second-order valence-electron chi connectivity index (χ2n) is 12.2. The Morgan fingerprint density at radius 1 is 1.02 bits per heavy atom. The number of rotatable bonds is 17. The summed E-state index contributed by atoms with van der Waals surface area (Å²) in [6.07, 6.45) is 17.4. The van der Waals surface area contributed by atoms with Crippen molar-refractivity contribution in [2.75, 3.05) is 25.0 Å². The van der Waals surface area contributed by atoms with Gasteiger partial charge in [0, 0.05) is 18.1 Å². The smallest absolute Gasteiger partial charge is 0.0969 e. The zero-order valence-electron chi connectivity index (χ0n) is 29.6. The predicted octanol–water partition coefficient (Wildman–Crippen LogP) is 11.0. The van der Waals surface area contributed by atoms with Gasteiger partial charge in [0.2, 0.25) is 0 Å². The van der Waals surface area contributed by atoms with Crippen LogP contribution in [0.3, 0.4) is 0 Å². The van der Waals surface area contributed by atoms with Crippen molar-refractivity contribution in [2.45, 2.75) is 101 Å². The average molecular weight is 597 g/mol. The number of allylic oxidation sites excluding steroid dienone is 3. The van der Waals surface area contributed by atoms with Crippen molar-refractivity contribution in [1.82, 2.24) is 9.88 Å². The van der Waals surface area contributed by atoms with Gasteiger partial charge in [-0.25, -0.2) is 0 Å². The van der Waals surface area contributed by atoms with E-state index in [2.05, 4.69) is 106 Å². The Hall–Kier alpha value is -3.42. The second kappa shape index (κ2) is 21.3. The van der Waals surface area contributed by atoms with Gasteiger partial charge in [0.05, 0.1) is 17.3 Å². The zero-order valence-corrected chi connectivity index (χ0v) is 29.6. The van der Waals surface area contributed by atoms with Crippen LogP contribution in [0.25, 0.3) is 12.2 Å². The Labute approximate surface area is 270 Å². The van der Waals surface area contributed by atoms with Crippen molar-refractivity contribution in [1.29, 1.82) is 5.26 Å². The van der Waals surface area contributed by atoms with E-state index < -0.39 is 0 Å². The van der Waals surface area contributed by atoms with Crippen molar-refractivity contribution in [3.63, 3.8) is 0 Å². The largest absolute Gasteiger partial charge is 0.354 e. The van der Waals surface area contributed by atoms with E-state index in [0.717, 1.165) is 59.3 Å². The molecule has 0 aliphatic carbocycles. The van der Waals surface area contributed by atoms with Crippen molar-refractivity contribution >= 4 is 17.8 Å². The maximum Gasteiger partial charge on any atom is 0.0969 e. The van der Waals surface area contributed by atoms with Crippen LogP contribution in [-0.2, 0) is 6.42 Å². The van der Waals surface area contributed by atoms with Gasteiger partial charge in [0.25, 0.3) is 0 Å². The van der Waals surface area contributed by atoms with Crippen LogP contribution in [0.1, 0.15) is 109 Å². The molecule has 0 unspecified atom stereocenters. The van der Waals surface area contributed by atoms with Gasteiger partial charge in [-0.2, -0.15) is 5.26 Å². The molecular weight excluding hydrogens is 536 g/mol. The lowest BCUT2D eigenvalue weighted by Crippen LogP contribution is -2.29. The van der Waals surface area contributed by atoms with Crippen molar-refractivity contribution in [3.05, 3.63) is 94.0 Å². The molecule has 0 atom stereocenters. The van der Waals surface area contributed by atoms with Crippen LogP contribution in [0.4, 0.5) is 5.69 Å². The highest BCUT2D eigenvalue weighted by Gasteiger charge is 2.12. The number of pyridine rings is 1. The summed E-state index contributed by atoms with van der Waals surface area (Å²) in [5, 5.41) is 13.4. The molecule has 0 aliphatic rings. The quantitative estimate of drug-likeness (QED) is 0.146. The van der Waals surface area contributed by atoms with Crippen LogP contribution >= 0.6 is 0 Å². The van der Waals surface area contributed by atoms with Gasteiger partial charge in [0.15, 0.2) is 0 Å². The van der Waals surface area contributed by atoms with Gasteiger partial charge in [-0.1, -0.05) is 85.4 Å². The summed E-state index contributed by atoms with van der Waals surface area (Å²) in [6, 6.07) is 8.80. The third kappa shape index (κ3) is 13.5. The summed E-state index contributed by atoms with van der Waals surface area (Å²) in [6.45, 7) is 29.3. The Balaban J connectivity index is 0.00000474. The standard InChI is InChI=1S/C38H54N4.C2H6/c1-10-13-36-30(7)16-18-37(32(36)9)41-38(35(11-2)25-39)31(8)15-17-34-24-33(26-40-27-34)14-12-21-42(22-19-28(3)4)23-20-29(5)6;1-2/h10,13,15-18,24,26-29,41H,8,11-12,14,19-23H2,1-7,9H3;1-2H3/b13-10-,17-15+,38-35-;. The first-order valence-electron chi connectivity index (χ1n) is 16.8. The number of nitrogens with zero attached hydrogens (tertiary/aromatic N) is 3. The monoisotopic (exact) mass is 596 g/mol. The maximum atomic E-state index is 9.90. The summed E-state index contributed by atoms with van der Waals surface area (Å²) in [5.41, 5.74) is 9.08. The van der Waals surface area contributed by atoms with E-state index in [9.17, 15) is 5.26 Å². The average Bonchev–Trinajstić information content (AvgIpc) is 3.01. The van der Waals surface area contributed by atoms with E-state index >= 15 is 0 Å². The molecule has 0 aliphatic heterocycles. The third-order valence-corrected chi connectivity index (χ3v) is 7.72. The predicted molar refractivity (Wildman–Crippen MR) is 195 cm³/mol. The topological polar surface area (TPSA) is 52.0 Å². The fraction of sp³-hybridized carbons (Fsp3) is 0.500. The molecule has 0 spiro atoms. The van der Waals surface area contributed by atoms with E-state index in [0.29, 0.717) is 12.0 Å². The van der Waals surface area contributed by atoms with Crippen molar-refractivity contribution in [3.8, 4) is 6.07 Å². The summed E-state index contributed by atoms with van der Waals surface area (Å²) in [4.78, 5) is 7.16. The zero-order chi connectivity index (χ0) is 33.1. The lowest BCUT2D eigenvalue weighted by molar-refractivity contribution is 0.241. The summed E-state index contributed by atoms with van der Waals surface area (Å²) < 4.78 is 0. The molecule has 0 saturated heterocycles. The molecule has 1 heterocycles. The minimum Gasteiger partial charge on any atom is -0.354 e. The van der Waals surface area contributed by atoms with Crippen LogP contribution in [0.15, 0.2) is 66.2 Å².